The molecule has 0 aromatic heterocycles. The van der Waals surface area contributed by atoms with Crippen LogP contribution < -0.4 is 27.8 Å². The van der Waals surface area contributed by atoms with Gasteiger partial charge in [0, 0.05) is 26.1 Å². The molecule has 0 atom stereocenters. The van der Waals surface area contributed by atoms with E-state index in [-0.39, 0.29) is 24.3 Å². The van der Waals surface area contributed by atoms with Crippen LogP contribution in [0.5, 0.6) is 0 Å². The van der Waals surface area contributed by atoms with Crippen molar-refractivity contribution >= 4 is 17.8 Å². The maximum atomic E-state index is 11.1. The van der Waals surface area contributed by atoms with Crippen LogP contribution in [0.25, 0.3) is 0 Å². The van der Waals surface area contributed by atoms with Gasteiger partial charge in [0.15, 0.2) is 5.96 Å². The third-order valence-electron chi connectivity index (χ3n) is 2.07. The number of carbonyl (C=O) groups excluding carboxylic acids is 2. The van der Waals surface area contributed by atoms with Gasteiger partial charge in [-0.25, -0.2) is 0 Å². The van der Waals surface area contributed by atoms with Crippen LogP contribution in [0.3, 0.4) is 0 Å². The van der Waals surface area contributed by atoms with Gasteiger partial charge in [-0.1, -0.05) is 20.8 Å². The second-order valence-electron chi connectivity index (χ2n) is 4.81. The van der Waals surface area contributed by atoms with E-state index < -0.39 is 0 Å². The Balaban J connectivity index is 0. The van der Waals surface area contributed by atoms with E-state index >= 15 is 0 Å². The Bertz CT molecular complexity index is 314. The normalized spacial score (nSPS) is 9.38. The van der Waals surface area contributed by atoms with E-state index in [9.17, 15) is 9.59 Å². The summed E-state index contributed by atoms with van der Waals surface area (Å²) in [7, 11) is 0. The number of guanidine groups is 1. The Morgan fingerprint density at radius 1 is 1.10 bits per heavy atom. The van der Waals surface area contributed by atoms with Crippen molar-refractivity contribution in [1.29, 1.82) is 0 Å². The van der Waals surface area contributed by atoms with Gasteiger partial charge in [-0.15, -0.1) is 0 Å². The lowest BCUT2D eigenvalue weighted by Crippen LogP contribution is -2.37. The fraction of sp³-hybridized carbons (Fsp3) is 0.769. The average molecular weight is 302 g/mol. The van der Waals surface area contributed by atoms with Crippen molar-refractivity contribution in [3.05, 3.63) is 0 Å². The summed E-state index contributed by atoms with van der Waals surface area (Å²) in [5.74, 6) is 0.348. The van der Waals surface area contributed by atoms with Gasteiger partial charge in [-0.3, -0.25) is 14.6 Å². The molecule has 0 aromatic rings. The molecule has 0 aliphatic rings. The quantitative estimate of drug-likeness (QED) is 0.219. The van der Waals surface area contributed by atoms with E-state index in [0.717, 1.165) is 13.0 Å². The molecule has 0 heterocycles. The second-order valence-corrected chi connectivity index (χ2v) is 4.81. The van der Waals surface area contributed by atoms with Gasteiger partial charge in [-0.05, 0) is 12.3 Å². The number of hydrogen-bond donors (Lipinski definition) is 5. The summed E-state index contributed by atoms with van der Waals surface area (Å²) in [6.07, 6.45) is 1.52. The highest BCUT2D eigenvalue weighted by molar-refractivity contribution is 5.78. The van der Waals surface area contributed by atoms with Crippen LogP contribution in [0.15, 0.2) is 4.99 Å². The van der Waals surface area contributed by atoms with Crippen LogP contribution >= 0.6 is 0 Å². The van der Waals surface area contributed by atoms with E-state index in [1.165, 1.54) is 0 Å². The van der Waals surface area contributed by atoms with Crippen molar-refractivity contribution in [3.8, 4) is 0 Å². The Labute approximate surface area is 126 Å². The van der Waals surface area contributed by atoms with Crippen molar-refractivity contribution in [2.45, 2.75) is 33.6 Å². The number of nitrogens with zero attached hydrogens (tertiary/aromatic N) is 1. The minimum absolute atomic E-state index is 0.0139. The van der Waals surface area contributed by atoms with Crippen LogP contribution in [-0.2, 0) is 9.59 Å². The molecule has 21 heavy (non-hydrogen) atoms. The summed E-state index contributed by atoms with van der Waals surface area (Å²) >= 11 is 0. The molecule has 0 saturated carbocycles. The molecule has 8 nitrogen and oxygen atoms in total. The highest BCUT2D eigenvalue weighted by atomic mass is 16.2. The smallest absolute Gasteiger partial charge is 0.233 e. The average Bonchev–Trinajstić information content (AvgIpc) is 2.40. The first kappa shape index (κ1) is 21.5. The Morgan fingerprint density at radius 2 is 1.62 bits per heavy atom. The predicted molar refractivity (Wildman–Crippen MR) is 85.5 cm³/mol. The molecule has 0 saturated heterocycles. The van der Waals surface area contributed by atoms with Crippen LogP contribution in [0, 0.1) is 5.92 Å². The van der Waals surface area contributed by atoms with Crippen molar-refractivity contribution in [2.75, 3.05) is 26.2 Å². The van der Waals surface area contributed by atoms with Gasteiger partial charge in [0.2, 0.25) is 11.8 Å². The van der Waals surface area contributed by atoms with Crippen LogP contribution in [0.1, 0.15) is 33.6 Å². The lowest BCUT2D eigenvalue weighted by Gasteiger charge is -2.07. The summed E-state index contributed by atoms with van der Waals surface area (Å²) in [4.78, 5) is 25.5. The van der Waals surface area contributed by atoms with Crippen LogP contribution in [0.4, 0.5) is 0 Å². The highest BCUT2D eigenvalue weighted by Gasteiger charge is 2.03. The highest BCUT2D eigenvalue weighted by Crippen LogP contribution is 1.97. The zero-order chi connectivity index (χ0) is 16.7. The summed E-state index contributed by atoms with van der Waals surface area (Å²) in [5.41, 5.74) is 15.1. The Kier molecular flexibility index (Phi) is 14.9. The van der Waals surface area contributed by atoms with E-state index in [1.54, 1.807) is 0 Å². The molecule has 0 radical (unpaired) electrons. The number of rotatable bonds is 8. The molecular formula is C13H30N6O2. The molecule has 0 spiro atoms. The largest absolute Gasteiger partial charge is 0.370 e. The molecule has 124 valence electrons. The summed E-state index contributed by atoms with van der Waals surface area (Å²) in [6, 6.07) is 0. The van der Waals surface area contributed by atoms with Gasteiger partial charge < -0.3 is 27.8 Å². The topological polar surface area (TPSA) is 149 Å². The summed E-state index contributed by atoms with van der Waals surface area (Å²) in [5, 5.41) is 5.26. The van der Waals surface area contributed by atoms with Gasteiger partial charge >= 0.3 is 0 Å². The molecule has 0 aromatic carbocycles. The minimum atomic E-state index is -0.205. The number of nitrogens with two attached hydrogens (primary N) is 3. The molecule has 0 fully saturated rings. The number of hydrogen-bond acceptors (Lipinski definition) is 4. The van der Waals surface area contributed by atoms with Gasteiger partial charge in [0.1, 0.15) is 0 Å². The number of carbonyl (C=O) groups is 2. The van der Waals surface area contributed by atoms with Crippen molar-refractivity contribution < 1.29 is 9.59 Å². The molecular weight excluding hydrogens is 272 g/mol. The molecule has 8 N–H and O–H groups in total. The van der Waals surface area contributed by atoms with Gasteiger partial charge in [-0.2, -0.15) is 0 Å². The molecule has 8 heteroatoms. The fourth-order valence-corrected chi connectivity index (χ4v) is 1.16. The van der Waals surface area contributed by atoms with Crippen molar-refractivity contribution in [1.82, 2.24) is 10.6 Å². The summed E-state index contributed by atoms with van der Waals surface area (Å²) in [6.45, 7) is 7.59. The molecule has 0 aliphatic heterocycles. The maximum Gasteiger partial charge on any atom is 0.233 e. The van der Waals surface area contributed by atoms with Gasteiger partial charge in [0.25, 0.3) is 0 Å². The van der Waals surface area contributed by atoms with E-state index in [4.69, 9.17) is 17.2 Å². The first-order chi connectivity index (χ1) is 9.83. The lowest BCUT2D eigenvalue weighted by molar-refractivity contribution is -0.122. The third kappa shape index (κ3) is 20.6. The molecule has 0 unspecified atom stereocenters. The first-order valence-electron chi connectivity index (χ1n) is 7.12. The number of amides is 2. The molecule has 0 aliphatic carbocycles. The molecule has 2 amide bonds. The Hall–Kier alpha value is -1.83. The molecule has 0 bridgehead atoms. The Morgan fingerprint density at radius 3 is 1.95 bits per heavy atom. The zero-order valence-corrected chi connectivity index (χ0v) is 13.3. The lowest BCUT2D eigenvalue weighted by atomic mass is 10.1. The van der Waals surface area contributed by atoms with Gasteiger partial charge in [0.05, 0.1) is 6.54 Å². The van der Waals surface area contributed by atoms with E-state index in [0.29, 0.717) is 25.4 Å². The van der Waals surface area contributed by atoms with Crippen LogP contribution in [-0.4, -0.2) is 44.0 Å². The van der Waals surface area contributed by atoms with E-state index in [1.807, 2.05) is 20.8 Å². The SMILES string of the molecule is CC(C)CC(=O)NCCNC(=O)CN.CCCN=C(N)N. The maximum absolute atomic E-state index is 11.1. The van der Waals surface area contributed by atoms with Crippen molar-refractivity contribution in [3.63, 3.8) is 0 Å². The zero-order valence-electron chi connectivity index (χ0n) is 13.3. The predicted octanol–water partition coefficient (Wildman–Crippen LogP) is -1.11. The number of aliphatic imine (C=N–C) groups is 1. The van der Waals surface area contributed by atoms with Crippen molar-refractivity contribution in [2.24, 2.45) is 28.1 Å². The summed E-state index contributed by atoms with van der Waals surface area (Å²) < 4.78 is 0. The second kappa shape index (κ2) is 14.6. The monoisotopic (exact) mass is 302 g/mol. The first-order valence-corrected chi connectivity index (χ1v) is 7.12. The van der Waals surface area contributed by atoms with Crippen LogP contribution in [0.2, 0.25) is 0 Å². The fourth-order valence-electron chi connectivity index (χ4n) is 1.16. The molecule has 0 rings (SSSR count). The minimum Gasteiger partial charge on any atom is -0.370 e. The standard InChI is InChI=1S/C9H19N3O2.C4H11N3/c1-7(2)5-8(13)11-3-4-12-9(14)6-10;1-2-3-7-4(5)6/h7H,3-6,10H2,1-2H3,(H,11,13)(H,12,14);2-3H2,1H3,(H4,5,6,7). The van der Waals surface area contributed by atoms with E-state index in [2.05, 4.69) is 15.6 Å². The third-order valence-corrected chi connectivity index (χ3v) is 2.07. The number of nitrogens with one attached hydrogen (secondary N) is 2.